The number of nitrogens with zero attached hydrogens (tertiary/aromatic N) is 1. The van der Waals surface area contributed by atoms with E-state index < -0.39 is 0 Å². The molecule has 1 aromatic heterocycles. The molecule has 0 saturated carbocycles. The van der Waals surface area contributed by atoms with E-state index >= 15 is 0 Å². The molecule has 0 radical (unpaired) electrons. The summed E-state index contributed by atoms with van der Waals surface area (Å²) in [6.07, 6.45) is 5.21. The molecule has 1 N–H and O–H groups in total. The lowest BCUT2D eigenvalue weighted by Gasteiger charge is -2.13. The number of nitrogens with one attached hydrogen (secondary N) is 1. The average molecular weight is 408 g/mol. The Morgan fingerprint density at radius 3 is 2.23 bits per heavy atom. The summed E-state index contributed by atoms with van der Waals surface area (Å²) in [6, 6.07) is 8.90. The number of fused-ring (bicyclic) bond motifs is 1. The van der Waals surface area contributed by atoms with Crippen molar-refractivity contribution < 1.29 is 23.8 Å². The van der Waals surface area contributed by atoms with E-state index in [1.807, 2.05) is 36.0 Å². The Hall–Kier alpha value is -3.74. The normalized spacial score (nSPS) is 11.0. The van der Waals surface area contributed by atoms with E-state index in [0.29, 0.717) is 22.8 Å². The van der Waals surface area contributed by atoms with E-state index in [-0.39, 0.29) is 11.7 Å². The largest absolute Gasteiger partial charge is 0.493 e. The van der Waals surface area contributed by atoms with Crippen molar-refractivity contribution in [2.24, 2.45) is 7.05 Å². The number of benzene rings is 2. The number of anilines is 1. The summed E-state index contributed by atoms with van der Waals surface area (Å²) in [4.78, 5) is 24.1. The molecular weight excluding hydrogens is 384 g/mol. The zero-order chi connectivity index (χ0) is 21.8. The zero-order valence-corrected chi connectivity index (χ0v) is 17.6. The minimum atomic E-state index is -0.193. The number of ether oxygens (including phenoxy) is 3. The van der Waals surface area contributed by atoms with Crippen LogP contribution in [-0.2, 0) is 11.8 Å². The topological polar surface area (TPSA) is 78.8 Å². The first-order valence-corrected chi connectivity index (χ1v) is 9.27. The van der Waals surface area contributed by atoms with Crippen molar-refractivity contribution in [3.8, 4) is 17.2 Å². The van der Waals surface area contributed by atoms with E-state index in [0.717, 1.165) is 22.2 Å². The van der Waals surface area contributed by atoms with Gasteiger partial charge >= 0.3 is 0 Å². The highest BCUT2D eigenvalue weighted by Crippen LogP contribution is 2.38. The monoisotopic (exact) mass is 408 g/mol. The molecule has 156 valence electrons. The van der Waals surface area contributed by atoms with Crippen LogP contribution in [0, 0.1) is 0 Å². The van der Waals surface area contributed by atoms with Gasteiger partial charge in [0.05, 0.1) is 26.8 Å². The Morgan fingerprint density at radius 1 is 1.00 bits per heavy atom. The summed E-state index contributed by atoms with van der Waals surface area (Å²) in [5.74, 6) is 0.957. The van der Waals surface area contributed by atoms with Crippen molar-refractivity contribution in [2.75, 3.05) is 26.6 Å². The van der Waals surface area contributed by atoms with Crippen LogP contribution in [-0.4, -0.2) is 37.6 Å². The molecule has 1 amide bonds. The summed E-state index contributed by atoms with van der Waals surface area (Å²) in [5, 5.41) is 3.75. The summed E-state index contributed by atoms with van der Waals surface area (Å²) in [5.41, 5.74) is 2.98. The quantitative estimate of drug-likeness (QED) is 0.471. The Bertz CT molecular complexity index is 1120. The molecule has 0 spiro atoms. The maximum atomic E-state index is 12.8. The molecule has 0 aliphatic rings. The second kappa shape index (κ2) is 8.73. The van der Waals surface area contributed by atoms with E-state index in [2.05, 4.69) is 5.32 Å². The van der Waals surface area contributed by atoms with Crippen LogP contribution in [0.5, 0.6) is 17.2 Å². The first-order valence-electron chi connectivity index (χ1n) is 9.27. The van der Waals surface area contributed by atoms with Crippen molar-refractivity contribution in [1.82, 2.24) is 4.57 Å². The third kappa shape index (κ3) is 4.15. The highest BCUT2D eigenvalue weighted by molar-refractivity contribution is 6.08. The highest BCUT2D eigenvalue weighted by Gasteiger charge is 2.16. The van der Waals surface area contributed by atoms with E-state index in [9.17, 15) is 9.59 Å². The average Bonchev–Trinajstić information content (AvgIpc) is 3.05. The molecule has 3 rings (SSSR count). The van der Waals surface area contributed by atoms with Crippen LogP contribution in [0.4, 0.5) is 5.69 Å². The lowest BCUT2D eigenvalue weighted by molar-refractivity contribution is -0.114. The number of methoxy groups -OCH3 is 3. The van der Waals surface area contributed by atoms with Crippen molar-refractivity contribution in [2.45, 2.75) is 6.92 Å². The van der Waals surface area contributed by atoms with Crippen molar-refractivity contribution in [3.05, 3.63) is 53.7 Å². The molecular formula is C23H24N2O5. The van der Waals surface area contributed by atoms with Crippen LogP contribution >= 0.6 is 0 Å². The van der Waals surface area contributed by atoms with Crippen molar-refractivity contribution in [3.63, 3.8) is 0 Å². The van der Waals surface area contributed by atoms with Crippen LogP contribution in [0.1, 0.15) is 22.8 Å². The number of ketones is 1. The van der Waals surface area contributed by atoms with Gasteiger partial charge < -0.3 is 24.1 Å². The molecule has 0 aliphatic heterocycles. The molecule has 0 bridgehead atoms. The number of amides is 1. The van der Waals surface area contributed by atoms with Gasteiger partial charge in [-0.2, -0.15) is 0 Å². The lowest BCUT2D eigenvalue weighted by Crippen LogP contribution is -2.05. The first-order chi connectivity index (χ1) is 14.4. The second-order valence-corrected chi connectivity index (χ2v) is 6.72. The fourth-order valence-electron chi connectivity index (χ4n) is 3.31. The minimum absolute atomic E-state index is 0.125. The van der Waals surface area contributed by atoms with E-state index in [4.69, 9.17) is 14.2 Å². The number of aryl methyl sites for hydroxylation is 1. The number of carbonyl (C=O) groups excluding carboxylic acids is 2. The maximum Gasteiger partial charge on any atom is 0.221 e. The summed E-state index contributed by atoms with van der Waals surface area (Å²) in [6.45, 7) is 1.47. The molecule has 0 saturated heterocycles. The molecule has 3 aromatic rings. The van der Waals surface area contributed by atoms with E-state index in [1.165, 1.54) is 34.3 Å². The molecule has 2 aromatic carbocycles. The summed E-state index contributed by atoms with van der Waals surface area (Å²) in [7, 11) is 6.44. The summed E-state index contributed by atoms with van der Waals surface area (Å²) < 4.78 is 17.9. The number of carbonyl (C=O) groups is 2. The number of allylic oxidation sites excluding steroid dienone is 1. The third-order valence-corrected chi connectivity index (χ3v) is 4.71. The van der Waals surface area contributed by atoms with Crippen LogP contribution in [0.15, 0.2) is 42.6 Å². The molecule has 1 heterocycles. The van der Waals surface area contributed by atoms with Gasteiger partial charge in [0.1, 0.15) is 0 Å². The molecule has 30 heavy (non-hydrogen) atoms. The van der Waals surface area contributed by atoms with Gasteiger partial charge in [-0.25, -0.2) is 0 Å². The maximum absolute atomic E-state index is 12.8. The minimum Gasteiger partial charge on any atom is -0.493 e. The van der Waals surface area contributed by atoms with Gasteiger partial charge in [0.2, 0.25) is 11.7 Å². The molecule has 0 atom stereocenters. The van der Waals surface area contributed by atoms with Crippen molar-refractivity contribution >= 4 is 34.4 Å². The van der Waals surface area contributed by atoms with Gasteiger partial charge in [0.15, 0.2) is 17.3 Å². The Morgan fingerprint density at radius 2 is 1.67 bits per heavy atom. The highest BCUT2D eigenvalue weighted by atomic mass is 16.5. The smallest absolute Gasteiger partial charge is 0.221 e. The van der Waals surface area contributed by atoms with Gasteiger partial charge in [-0.05, 0) is 36.4 Å². The molecule has 0 fully saturated rings. The first kappa shape index (κ1) is 21.0. The predicted molar refractivity (Wildman–Crippen MR) is 117 cm³/mol. The molecule has 0 aliphatic carbocycles. The fraction of sp³-hybridized carbons (Fsp3) is 0.217. The van der Waals surface area contributed by atoms with Crippen molar-refractivity contribution in [1.29, 1.82) is 0 Å². The van der Waals surface area contributed by atoms with Gasteiger partial charge in [-0.1, -0.05) is 6.07 Å². The van der Waals surface area contributed by atoms with Crippen LogP contribution < -0.4 is 19.5 Å². The Labute approximate surface area is 174 Å². The lowest BCUT2D eigenvalue weighted by atomic mass is 10.1. The molecule has 7 nitrogen and oxygen atoms in total. The van der Waals surface area contributed by atoms with Crippen LogP contribution in [0.3, 0.4) is 0 Å². The predicted octanol–water partition coefficient (Wildman–Crippen LogP) is 4.06. The molecule has 7 heteroatoms. The van der Waals surface area contributed by atoms with Crippen LogP contribution in [0.25, 0.3) is 17.0 Å². The molecule has 0 unspecified atom stereocenters. The van der Waals surface area contributed by atoms with Crippen LogP contribution in [0.2, 0.25) is 0 Å². The Balaban J connectivity index is 1.93. The van der Waals surface area contributed by atoms with Gasteiger partial charge in [-0.15, -0.1) is 0 Å². The number of hydrogen-bond acceptors (Lipinski definition) is 5. The number of rotatable bonds is 7. The number of aromatic nitrogens is 1. The standard InChI is InChI=1S/C23H24N2O5/c1-14(26)24-17-7-8-18-15(13-25(2)19(18)12-17)6-9-20(27)16-10-21(28-3)23(30-5)22(11-16)29-4/h6-13H,1-5H3,(H,24,26). The number of hydrogen-bond donors (Lipinski definition) is 1. The Kier molecular flexibility index (Phi) is 6.11. The van der Waals surface area contributed by atoms with Gasteiger partial charge in [0.25, 0.3) is 0 Å². The van der Waals surface area contributed by atoms with E-state index in [1.54, 1.807) is 18.2 Å². The second-order valence-electron chi connectivity index (χ2n) is 6.72. The summed E-state index contributed by atoms with van der Waals surface area (Å²) >= 11 is 0. The third-order valence-electron chi connectivity index (χ3n) is 4.71. The van der Waals surface area contributed by atoms with Gasteiger partial charge in [0, 0.05) is 42.4 Å². The zero-order valence-electron chi connectivity index (χ0n) is 17.6. The SMILES string of the molecule is COc1cc(C(=O)C=Cc2cn(C)c3cc(NC(C)=O)ccc23)cc(OC)c1OC. The fourth-order valence-corrected chi connectivity index (χ4v) is 3.31. The van der Waals surface area contributed by atoms with Gasteiger partial charge in [-0.3, -0.25) is 9.59 Å².